The van der Waals surface area contributed by atoms with Crippen LogP contribution in [0.15, 0.2) is 12.1 Å². The number of carboxylic acids is 1. The summed E-state index contributed by atoms with van der Waals surface area (Å²) in [5.74, 6) is -1.11. The van der Waals surface area contributed by atoms with Crippen LogP contribution in [0, 0.1) is 5.82 Å². The Bertz CT molecular complexity index is 455. The van der Waals surface area contributed by atoms with Crippen molar-refractivity contribution in [3.63, 3.8) is 0 Å². The zero-order valence-electron chi connectivity index (χ0n) is 12.6. The van der Waals surface area contributed by atoms with Gasteiger partial charge in [0.1, 0.15) is 5.82 Å². The molecular weight excluding hydrogens is 243 g/mol. The van der Waals surface area contributed by atoms with Crippen LogP contribution in [0.3, 0.4) is 0 Å². The molecule has 0 saturated carbocycles. The second-order valence-corrected chi connectivity index (χ2v) is 7.08. The maximum atomic E-state index is 14.6. The normalized spacial score (nSPS) is 12.6. The van der Waals surface area contributed by atoms with Crippen LogP contribution >= 0.6 is 0 Å². The van der Waals surface area contributed by atoms with E-state index in [1.54, 1.807) is 12.1 Å². The molecule has 0 radical (unpaired) electrons. The van der Waals surface area contributed by atoms with Crippen molar-refractivity contribution >= 4 is 5.97 Å². The van der Waals surface area contributed by atoms with Crippen molar-refractivity contribution in [3.05, 3.63) is 34.6 Å². The highest BCUT2D eigenvalue weighted by Crippen LogP contribution is 2.34. The van der Waals surface area contributed by atoms with Gasteiger partial charge in [-0.25, -0.2) is 4.39 Å². The average molecular weight is 266 g/mol. The number of halogens is 1. The van der Waals surface area contributed by atoms with Crippen LogP contribution in [0.1, 0.15) is 58.2 Å². The van der Waals surface area contributed by atoms with Gasteiger partial charge in [0.05, 0.1) is 6.42 Å². The molecule has 0 aliphatic rings. The molecule has 1 N–H and O–H groups in total. The van der Waals surface area contributed by atoms with Crippen molar-refractivity contribution in [3.8, 4) is 0 Å². The summed E-state index contributed by atoms with van der Waals surface area (Å²) in [6.45, 7) is 11.6. The maximum absolute atomic E-state index is 14.6. The van der Waals surface area contributed by atoms with Crippen LogP contribution in [0.4, 0.5) is 4.39 Å². The largest absolute Gasteiger partial charge is 0.481 e. The molecule has 0 aliphatic heterocycles. The van der Waals surface area contributed by atoms with E-state index in [0.717, 1.165) is 0 Å². The molecule has 19 heavy (non-hydrogen) atoms. The highest BCUT2D eigenvalue weighted by molar-refractivity contribution is 5.70. The first-order valence-corrected chi connectivity index (χ1v) is 6.48. The van der Waals surface area contributed by atoms with Gasteiger partial charge in [0.15, 0.2) is 0 Å². The monoisotopic (exact) mass is 266 g/mol. The molecule has 0 atom stereocenters. The fraction of sp³-hybridized carbons (Fsp3) is 0.562. The molecule has 0 bridgehead atoms. The Hall–Kier alpha value is -1.38. The smallest absolute Gasteiger partial charge is 0.307 e. The fourth-order valence-corrected chi connectivity index (χ4v) is 2.05. The maximum Gasteiger partial charge on any atom is 0.307 e. The van der Waals surface area contributed by atoms with Gasteiger partial charge in [0.2, 0.25) is 0 Å². The van der Waals surface area contributed by atoms with Gasteiger partial charge in [-0.2, -0.15) is 0 Å². The van der Waals surface area contributed by atoms with E-state index in [4.69, 9.17) is 5.11 Å². The van der Waals surface area contributed by atoms with Gasteiger partial charge in [-0.3, -0.25) is 4.79 Å². The summed E-state index contributed by atoms with van der Waals surface area (Å²) in [5, 5.41) is 8.93. The zero-order chi connectivity index (χ0) is 15.0. The minimum Gasteiger partial charge on any atom is -0.481 e. The number of aliphatic carboxylic acids is 1. The Morgan fingerprint density at radius 2 is 1.42 bits per heavy atom. The van der Waals surface area contributed by atoms with Gasteiger partial charge in [0.25, 0.3) is 0 Å². The van der Waals surface area contributed by atoms with E-state index in [1.165, 1.54) is 0 Å². The van der Waals surface area contributed by atoms with E-state index in [0.29, 0.717) is 16.7 Å². The molecule has 0 fully saturated rings. The van der Waals surface area contributed by atoms with Crippen molar-refractivity contribution in [1.82, 2.24) is 0 Å². The molecular formula is C16H23FO2. The number of rotatable bonds is 2. The van der Waals surface area contributed by atoms with E-state index >= 15 is 0 Å². The second kappa shape index (κ2) is 4.95. The van der Waals surface area contributed by atoms with Gasteiger partial charge in [-0.05, 0) is 27.5 Å². The highest BCUT2D eigenvalue weighted by atomic mass is 19.1. The second-order valence-electron chi connectivity index (χ2n) is 7.08. The third-order valence-corrected chi connectivity index (χ3v) is 3.10. The average Bonchev–Trinajstić information content (AvgIpc) is 2.16. The highest BCUT2D eigenvalue weighted by Gasteiger charge is 2.27. The minimum absolute atomic E-state index is 0.0769. The van der Waals surface area contributed by atoms with Gasteiger partial charge in [-0.15, -0.1) is 0 Å². The van der Waals surface area contributed by atoms with Gasteiger partial charge in [-0.1, -0.05) is 53.7 Å². The summed E-state index contributed by atoms with van der Waals surface area (Å²) >= 11 is 0. The Morgan fingerprint density at radius 1 is 1.05 bits per heavy atom. The van der Waals surface area contributed by atoms with E-state index < -0.39 is 5.97 Å². The van der Waals surface area contributed by atoms with Crippen LogP contribution in [0.5, 0.6) is 0 Å². The van der Waals surface area contributed by atoms with E-state index in [2.05, 4.69) is 0 Å². The van der Waals surface area contributed by atoms with Crippen molar-refractivity contribution in [1.29, 1.82) is 0 Å². The standard InChI is InChI=1S/C16H23FO2/c1-15(2,3)11-7-10(9-13(18)19)8-12(14(11)17)16(4,5)6/h7-8H,9H2,1-6H3,(H,18,19). The summed E-state index contributed by atoms with van der Waals surface area (Å²) < 4.78 is 14.6. The number of benzene rings is 1. The topological polar surface area (TPSA) is 37.3 Å². The predicted octanol–water partition coefficient (Wildman–Crippen LogP) is 4.05. The lowest BCUT2D eigenvalue weighted by molar-refractivity contribution is -0.136. The molecule has 0 aromatic heterocycles. The first-order valence-electron chi connectivity index (χ1n) is 6.48. The summed E-state index contributed by atoms with van der Waals surface area (Å²) in [6, 6.07) is 3.36. The summed E-state index contributed by atoms with van der Waals surface area (Å²) in [6.07, 6.45) is -0.0769. The summed E-state index contributed by atoms with van der Waals surface area (Å²) in [5.41, 5.74) is 1.12. The SMILES string of the molecule is CC(C)(C)c1cc(CC(=O)O)cc(C(C)(C)C)c1F. The molecule has 1 aromatic carbocycles. The number of carboxylic acid groups (broad SMARTS) is 1. The summed E-state index contributed by atoms with van der Waals surface area (Å²) in [4.78, 5) is 10.9. The molecule has 2 nitrogen and oxygen atoms in total. The first-order chi connectivity index (χ1) is 8.43. The third kappa shape index (κ3) is 3.79. The molecule has 3 heteroatoms. The van der Waals surface area contributed by atoms with Crippen LogP contribution in [0.2, 0.25) is 0 Å². The van der Waals surface area contributed by atoms with E-state index in [9.17, 15) is 9.18 Å². The lowest BCUT2D eigenvalue weighted by Gasteiger charge is -2.27. The zero-order valence-corrected chi connectivity index (χ0v) is 12.6. The molecule has 0 heterocycles. The van der Waals surface area contributed by atoms with E-state index in [-0.39, 0.29) is 23.1 Å². The molecule has 0 saturated heterocycles. The Morgan fingerprint density at radius 3 is 1.68 bits per heavy atom. The minimum atomic E-state index is -0.897. The van der Waals surface area contributed by atoms with Gasteiger partial charge in [0, 0.05) is 0 Å². The van der Waals surface area contributed by atoms with Crippen LogP contribution in [-0.2, 0) is 22.0 Å². The Kier molecular flexibility index (Phi) is 4.08. The molecule has 0 unspecified atom stereocenters. The molecule has 106 valence electrons. The van der Waals surface area contributed by atoms with Crippen molar-refractivity contribution in [2.24, 2.45) is 0 Å². The van der Waals surface area contributed by atoms with Crippen LogP contribution in [-0.4, -0.2) is 11.1 Å². The molecule has 0 spiro atoms. The van der Waals surface area contributed by atoms with Crippen LogP contribution in [0.25, 0.3) is 0 Å². The van der Waals surface area contributed by atoms with Crippen LogP contribution < -0.4 is 0 Å². The lowest BCUT2D eigenvalue weighted by atomic mass is 9.78. The molecule has 1 aromatic rings. The summed E-state index contributed by atoms with van der Waals surface area (Å²) in [7, 11) is 0. The Balaban J connectivity index is 3.52. The van der Waals surface area contributed by atoms with Crippen molar-refractivity contribution in [2.75, 3.05) is 0 Å². The third-order valence-electron chi connectivity index (χ3n) is 3.10. The Labute approximate surface area is 114 Å². The number of hydrogen-bond acceptors (Lipinski definition) is 1. The molecule has 1 rings (SSSR count). The van der Waals surface area contributed by atoms with Gasteiger partial charge < -0.3 is 5.11 Å². The quantitative estimate of drug-likeness (QED) is 0.877. The number of carbonyl (C=O) groups is 1. The van der Waals surface area contributed by atoms with Gasteiger partial charge >= 0.3 is 5.97 Å². The van der Waals surface area contributed by atoms with Crippen molar-refractivity contribution < 1.29 is 14.3 Å². The van der Waals surface area contributed by atoms with E-state index in [1.807, 2.05) is 41.5 Å². The molecule has 0 amide bonds. The number of hydrogen-bond donors (Lipinski definition) is 1. The lowest BCUT2D eigenvalue weighted by Crippen LogP contribution is -2.21. The predicted molar refractivity (Wildman–Crippen MR) is 75.1 cm³/mol. The first kappa shape index (κ1) is 15.7. The fourth-order valence-electron chi connectivity index (χ4n) is 2.05. The van der Waals surface area contributed by atoms with Crippen molar-refractivity contribution in [2.45, 2.75) is 58.8 Å². The molecule has 0 aliphatic carbocycles.